The fourth-order valence-corrected chi connectivity index (χ4v) is 3.66. The van der Waals surface area contributed by atoms with Gasteiger partial charge in [-0.1, -0.05) is 18.2 Å². The van der Waals surface area contributed by atoms with E-state index in [-0.39, 0.29) is 17.7 Å². The maximum absolute atomic E-state index is 12.9. The molecule has 1 aliphatic rings. The van der Waals surface area contributed by atoms with E-state index < -0.39 is 0 Å². The number of ether oxygens (including phenoxy) is 1. The van der Waals surface area contributed by atoms with Crippen molar-refractivity contribution in [2.24, 2.45) is 7.05 Å². The summed E-state index contributed by atoms with van der Waals surface area (Å²) in [6.45, 7) is 2.95. The number of hydrogen-bond acceptors (Lipinski definition) is 5. The van der Waals surface area contributed by atoms with Gasteiger partial charge in [-0.3, -0.25) is 14.3 Å². The van der Waals surface area contributed by atoms with Gasteiger partial charge in [-0.2, -0.15) is 0 Å². The number of nitrogens with one attached hydrogen (secondary N) is 1. The number of piperazine rings is 1. The Hall–Kier alpha value is -3.81. The molecular weight excluding hydrogens is 394 g/mol. The highest BCUT2D eigenvalue weighted by molar-refractivity contribution is 6.06. The first-order valence-electron chi connectivity index (χ1n) is 10.1. The van der Waals surface area contributed by atoms with Gasteiger partial charge in [-0.25, -0.2) is 0 Å². The van der Waals surface area contributed by atoms with Gasteiger partial charge in [0.1, 0.15) is 5.56 Å². The molecule has 0 radical (unpaired) electrons. The first-order valence-corrected chi connectivity index (χ1v) is 10.1. The monoisotopic (exact) mass is 419 g/mol. The molecule has 1 aromatic heterocycles. The molecule has 31 heavy (non-hydrogen) atoms. The largest absolute Gasteiger partial charge is 0.479 e. The highest BCUT2D eigenvalue weighted by Gasteiger charge is 2.22. The van der Waals surface area contributed by atoms with E-state index in [9.17, 15) is 9.59 Å². The second kappa shape index (κ2) is 8.91. The van der Waals surface area contributed by atoms with Crippen molar-refractivity contribution in [3.63, 3.8) is 0 Å². The lowest BCUT2D eigenvalue weighted by molar-refractivity contribution is 0.0746. The molecule has 0 aliphatic carbocycles. The van der Waals surface area contributed by atoms with Crippen LogP contribution in [0.2, 0.25) is 0 Å². The zero-order valence-electron chi connectivity index (χ0n) is 17.6. The van der Waals surface area contributed by atoms with E-state index in [0.717, 1.165) is 13.1 Å². The minimum atomic E-state index is -0.318. The highest BCUT2D eigenvalue weighted by Crippen LogP contribution is 2.20. The van der Waals surface area contributed by atoms with E-state index >= 15 is 0 Å². The Morgan fingerprint density at radius 3 is 2.29 bits per heavy atom. The van der Waals surface area contributed by atoms with Gasteiger partial charge in [0, 0.05) is 56.4 Å². The average Bonchev–Trinajstić information content (AvgIpc) is 3.21. The zero-order valence-corrected chi connectivity index (χ0v) is 17.6. The Bertz CT molecular complexity index is 1050. The van der Waals surface area contributed by atoms with Crippen molar-refractivity contribution in [2.45, 2.75) is 0 Å². The van der Waals surface area contributed by atoms with Crippen LogP contribution in [0.25, 0.3) is 0 Å². The third-order valence-electron chi connectivity index (χ3n) is 5.31. The summed E-state index contributed by atoms with van der Waals surface area (Å²) in [5.74, 6) is -0.0537. The molecule has 1 aliphatic heterocycles. The Kier molecular flexibility index (Phi) is 5.88. The summed E-state index contributed by atoms with van der Waals surface area (Å²) in [7, 11) is 3.19. The van der Waals surface area contributed by atoms with Crippen LogP contribution in [-0.4, -0.2) is 59.8 Å². The van der Waals surface area contributed by atoms with Crippen LogP contribution in [0.1, 0.15) is 20.7 Å². The number of carbonyl (C=O) groups is 2. The molecule has 0 bridgehead atoms. The molecule has 0 spiro atoms. The number of aryl methyl sites for hydroxylation is 1. The number of para-hydroxylation sites is 1. The molecule has 3 aromatic rings. The summed E-state index contributed by atoms with van der Waals surface area (Å²) in [6, 6.07) is 17.2. The van der Waals surface area contributed by atoms with Crippen LogP contribution >= 0.6 is 0 Å². The fraction of sp³-hybridized carbons (Fsp3) is 0.261. The number of hydrogen-bond donors (Lipinski definition) is 1. The van der Waals surface area contributed by atoms with Crippen LogP contribution < -0.4 is 15.0 Å². The molecule has 2 aromatic carbocycles. The van der Waals surface area contributed by atoms with Crippen LogP contribution in [0, 0.1) is 0 Å². The van der Waals surface area contributed by atoms with Gasteiger partial charge in [0.25, 0.3) is 11.8 Å². The molecule has 2 heterocycles. The number of methoxy groups -OCH3 is 1. The third kappa shape index (κ3) is 4.53. The molecule has 4 rings (SSSR count). The molecule has 2 amide bonds. The second-order valence-corrected chi connectivity index (χ2v) is 7.37. The summed E-state index contributed by atoms with van der Waals surface area (Å²) in [5, 5.41) is 6.90. The van der Waals surface area contributed by atoms with Crippen molar-refractivity contribution in [3.05, 3.63) is 71.9 Å². The molecular formula is C23H25N5O3. The molecule has 0 unspecified atom stereocenters. The summed E-state index contributed by atoms with van der Waals surface area (Å²) in [4.78, 5) is 29.5. The van der Waals surface area contributed by atoms with Crippen molar-refractivity contribution in [1.29, 1.82) is 0 Å². The molecule has 8 nitrogen and oxygen atoms in total. The number of aromatic nitrogens is 2. The van der Waals surface area contributed by atoms with E-state index in [1.165, 1.54) is 17.5 Å². The number of benzene rings is 2. The highest BCUT2D eigenvalue weighted by atomic mass is 16.5. The maximum Gasteiger partial charge on any atom is 0.262 e. The normalized spacial score (nSPS) is 13.7. The number of amides is 2. The molecule has 160 valence electrons. The summed E-state index contributed by atoms with van der Waals surface area (Å²) < 4.78 is 6.65. The summed E-state index contributed by atoms with van der Waals surface area (Å²) >= 11 is 0. The first-order chi connectivity index (χ1) is 15.0. The van der Waals surface area contributed by atoms with E-state index in [0.29, 0.717) is 29.9 Å². The minimum absolute atomic E-state index is 0.000447. The predicted octanol–water partition coefficient (Wildman–Crippen LogP) is 2.64. The molecule has 0 atom stereocenters. The van der Waals surface area contributed by atoms with Crippen LogP contribution in [-0.2, 0) is 7.05 Å². The number of carbonyl (C=O) groups excluding carboxylic acids is 2. The Morgan fingerprint density at radius 2 is 1.65 bits per heavy atom. The molecule has 8 heteroatoms. The molecule has 1 fully saturated rings. The van der Waals surface area contributed by atoms with Crippen molar-refractivity contribution >= 4 is 23.2 Å². The lowest BCUT2D eigenvalue weighted by atomic mass is 10.1. The van der Waals surface area contributed by atoms with Crippen LogP contribution in [0.4, 0.5) is 11.4 Å². The SMILES string of the molecule is COc1nn(C)cc1C(=O)Nc1ccc(C(=O)N2CCN(c3ccccc3)CC2)cc1. The van der Waals surface area contributed by atoms with Gasteiger partial charge in [0.15, 0.2) is 0 Å². The average molecular weight is 419 g/mol. The minimum Gasteiger partial charge on any atom is -0.479 e. The van der Waals surface area contributed by atoms with Crippen LogP contribution in [0.5, 0.6) is 5.88 Å². The standard InChI is InChI=1S/C23H25N5O3/c1-26-16-20(22(25-26)31-2)21(29)24-18-10-8-17(9-11-18)23(30)28-14-12-27(13-15-28)19-6-4-3-5-7-19/h3-11,16H,12-15H2,1-2H3,(H,24,29). The van der Waals surface area contributed by atoms with Gasteiger partial charge < -0.3 is 19.9 Å². The predicted molar refractivity (Wildman–Crippen MR) is 119 cm³/mol. The summed E-state index contributed by atoms with van der Waals surface area (Å²) in [5.41, 5.74) is 2.73. The van der Waals surface area contributed by atoms with Gasteiger partial charge >= 0.3 is 0 Å². The molecule has 1 N–H and O–H groups in total. The number of anilines is 2. The zero-order chi connectivity index (χ0) is 21.8. The van der Waals surface area contributed by atoms with Crippen LogP contribution in [0.3, 0.4) is 0 Å². The van der Waals surface area contributed by atoms with Gasteiger partial charge in [-0.15, -0.1) is 5.10 Å². The van der Waals surface area contributed by atoms with Crippen molar-refractivity contribution < 1.29 is 14.3 Å². The quantitative estimate of drug-likeness (QED) is 0.688. The van der Waals surface area contributed by atoms with E-state index in [1.807, 2.05) is 23.1 Å². The van der Waals surface area contributed by atoms with Gasteiger partial charge in [0.05, 0.1) is 7.11 Å². The fourth-order valence-electron chi connectivity index (χ4n) is 3.66. The molecule has 1 saturated heterocycles. The van der Waals surface area contributed by atoms with Gasteiger partial charge in [-0.05, 0) is 36.4 Å². The van der Waals surface area contributed by atoms with Crippen LogP contribution in [0.15, 0.2) is 60.8 Å². The number of rotatable bonds is 5. The lowest BCUT2D eigenvalue weighted by Gasteiger charge is -2.36. The first kappa shape index (κ1) is 20.5. The smallest absolute Gasteiger partial charge is 0.262 e. The van der Waals surface area contributed by atoms with E-state index in [1.54, 1.807) is 37.5 Å². The van der Waals surface area contributed by atoms with Crippen molar-refractivity contribution in [3.8, 4) is 5.88 Å². The molecule has 0 saturated carbocycles. The lowest BCUT2D eigenvalue weighted by Crippen LogP contribution is -2.48. The van der Waals surface area contributed by atoms with E-state index in [4.69, 9.17) is 4.74 Å². The van der Waals surface area contributed by atoms with Crippen molar-refractivity contribution in [2.75, 3.05) is 43.5 Å². The Morgan fingerprint density at radius 1 is 0.968 bits per heavy atom. The number of nitrogens with zero attached hydrogens (tertiary/aromatic N) is 4. The Labute approximate surface area is 181 Å². The summed E-state index contributed by atoms with van der Waals surface area (Å²) in [6.07, 6.45) is 1.60. The second-order valence-electron chi connectivity index (χ2n) is 7.37. The van der Waals surface area contributed by atoms with Gasteiger partial charge in [0.2, 0.25) is 5.88 Å². The Balaban J connectivity index is 1.36. The van der Waals surface area contributed by atoms with Crippen molar-refractivity contribution in [1.82, 2.24) is 14.7 Å². The van der Waals surface area contributed by atoms with E-state index in [2.05, 4.69) is 27.4 Å². The maximum atomic E-state index is 12.9. The topological polar surface area (TPSA) is 79.7 Å². The third-order valence-corrected chi connectivity index (χ3v) is 5.31.